The van der Waals surface area contributed by atoms with E-state index in [-0.39, 0.29) is 35.5 Å². The smallest absolute Gasteiger partial charge is 0.271 e. The predicted octanol–water partition coefficient (Wildman–Crippen LogP) is 0.887. The molecule has 0 radical (unpaired) electrons. The third-order valence-corrected chi connectivity index (χ3v) is 4.61. The Morgan fingerprint density at radius 3 is 2.52 bits per heavy atom. The van der Waals surface area contributed by atoms with Crippen molar-refractivity contribution in [3.63, 3.8) is 0 Å². The Balaban J connectivity index is 0.00000264. The number of sulfone groups is 1. The van der Waals surface area contributed by atoms with Crippen LogP contribution in [0.1, 0.15) is 23.2 Å². The molecule has 8 nitrogen and oxygen atoms in total. The van der Waals surface area contributed by atoms with E-state index in [9.17, 15) is 23.3 Å². The molecule has 0 aliphatic heterocycles. The van der Waals surface area contributed by atoms with Crippen molar-refractivity contribution in [1.82, 2.24) is 5.32 Å². The quantitative estimate of drug-likeness (QED) is 0.569. The second kappa shape index (κ2) is 7.24. The van der Waals surface area contributed by atoms with Crippen molar-refractivity contribution in [2.24, 2.45) is 11.7 Å². The van der Waals surface area contributed by atoms with Crippen molar-refractivity contribution in [3.8, 4) is 0 Å². The number of halogens is 1. The fourth-order valence-electron chi connectivity index (χ4n) is 2.04. The molecule has 0 heterocycles. The second-order valence-corrected chi connectivity index (χ2v) is 7.47. The number of amides is 1. The standard InChI is InChI=1S/C13H17N3O5S.ClH/c1-22(20,21)11-5-9(4-10(6-11)16(18)19)13(17)15-7-12(14)8-2-3-8;/h4-6,8,12H,2-3,7,14H2,1H3,(H,15,17);1H. The van der Waals surface area contributed by atoms with E-state index in [1.165, 1.54) is 0 Å². The van der Waals surface area contributed by atoms with Crippen molar-refractivity contribution in [1.29, 1.82) is 0 Å². The Bertz CT molecular complexity index is 718. The van der Waals surface area contributed by atoms with Gasteiger partial charge in [-0.15, -0.1) is 12.4 Å². The van der Waals surface area contributed by atoms with Crippen molar-refractivity contribution < 1.29 is 18.1 Å². The number of nitrogens with one attached hydrogen (secondary N) is 1. The van der Waals surface area contributed by atoms with Gasteiger partial charge in [0.15, 0.2) is 9.84 Å². The summed E-state index contributed by atoms with van der Waals surface area (Å²) in [6.07, 6.45) is 2.99. The molecule has 0 bridgehead atoms. The maximum Gasteiger partial charge on any atom is 0.271 e. The highest BCUT2D eigenvalue weighted by Crippen LogP contribution is 2.31. The molecule has 1 unspecified atom stereocenters. The van der Waals surface area contributed by atoms with Crippen LogP contribution < -0.4 is 11.1 Å². The average Bonchev–Trinajstić information content (AvgIpc) is 3.27. The van der Waals surface area contributed by atoms with Gasteiger partial charge in [0.1, 0.15) is 0 Å². The third kappa shape index (κ3) is 5.15. The minimum Gasteiger partial charge on any atom is -0.350 e. The maximum absolute atomic E-state index is 12.1. The van der Waals surface area contributed by atoms with Gasteiger partial charge in [0.05, 0.1) is 9.82 Å². The summed E-state index contributed by atoms with van der Waals surface area (Å²) in [5.41, 5.74) is 5.35. The van der Waals surface area contributed by atoms with Crippen LogP contribution in [-0.4, -0.2) is 38.1 Å². The number of nitrogens with zero attached hydrogens (tertiary/aromatic N) is 1. The molecule has 0 aromatic heterocycles. The zero-order valence-corrected chi connectivity index (χ0v) is 14.0. The summed E-state index contributed by atoms with van der Waals surface area (Å²) in [4.78, 5) is 21.9. The van der Waals surface area contributed by atoms with Gasteiger partial charge in [-0.1, -0.05) is 0 Å². The SMILES string of the molecule is CS(=O)(=O)c1cc(C(=O)NCC(N)C2CC2)cc([N+](=O)[O-])c1.Cl. The normalized spacial score (nSPS) is 15.4. The van der Waals surface area contributed by atoms with Gasteiger partial charge >= 0.3 is 0 Å². The molecule has 3 N–H and O–H groups in total. The average molecular weight is 364 g/mol. The first-order chi connectivity index (χ1) is 10.2. The Kier molecular flexibility index (Phi) is 6.09. The minimum atomic E-state index is -3.66. The van der Waals surface area contributed by atoms with Crippen LogP contribution in [0.15, 0.2) is 23.1 Å². The largest absolute Gasteiger partial charge is 0.350 e. The lowest BCUT2D eigenvalue weighted by molar-refractivity contribution is -0.385. The fraction of sp³-hybridized carbons (Fsp3) is 0.462. The molecule has 1 atom stereocenters. The molecule has 1 aromatic rings. The zero-order chi connectivity index (χ0) is 16.5. The summed E-state index contributed by atoms with van der Waals surface area (Å²) in [7, 11) is -3.66. The van der Waals surface area contributed by atoms with Crippen LogP contribution in [0.2, 0.25) is 0 Å². The summed E-state index contributed by atoms with van der Waals surface area (Å²) >= 11 is 0. The lowest BCUT2D eigenvalue weighted by Gasteiger charge is -2.12. The molecule has 0 spiro atoms. The lowest BCUT2D eigenvalue weighted by atomic mass is 10.1. The lowest BCUT2D eigenvalue weighted by Crippen LogP contribution is -2.38. The molecule has 128 valence electrons. The van der Waals surface area contributed by atoms with Crippen LogP contribution in [-0.2, 0) is 9.84 Å². The number of nitro groups is 1. The summed E-state index contributed by atoms with van der Waals surface area (Å²) in [5, 5.41) is 13.5. The number of carbonyl (C=O) groups is 1. The predicted molar refractivity (Wildman–Crippen MR) is 86.5 cm³/mol. The topological polar surface area (TPSA) is 132 Å². The molecule has 2 rings (SSSR count). The molecule has 1 aromatic carbocycles. The molecule has 1 aliphatic rings. The highest BCUT2D eigenvalue weighted by atomic mass is 35.5. The number of rotatable bonds is 6. The third-order valence-electron chi connectivity index (χ3n) is 3.52. The van der Waals surface area contributed by atoms with Crippen LogP contribution in [0.4, 0.5) is 5.69 Å². The van der Waals surface area contributed by atoms with Crippen LogP contribution >= 0.6 is 12.4 Å². The van der Waals surface area contributed by atoms with E-state index in [2.05, 4.69) is 5.32 Å². The number of benzene rings is 1. The van der Waals surface area contributed by atoms with Gasteiger partial charge in [-0.3, -0.25) is 14.9 Å². The van der Waals surface area contributed by atoms with E-state index < -0.39 is 26.4 Å². The first-order valence-electron chi connectivity index (χ1n) is 6.72. The van der Waals surface area contributed by atoms with Crippen LogP contribution in [0, 0.1) is 16.0 Å². The van der Waals surface area contributed by atoms with Crippen LogP contribution in [0.5, 0.6) is 0 Å². The maximum atomic E-state index is 12.1. The monoisotopic (exact) mass is 363 g/mol. The molecule has 0 saturated heterocycles. The Morgan fingerprint density at radius 2 is 2.04 bits per heavy atom. The van der Waals surface area contributed by atoms with E-state index in [1.54, 1.807) is 0 Å². The molecular formula is C13H18ClN3O5S. The molecule has 1 fully saturated rings. The molecule has 1 aliphatic carbocycles. The van der Waals surface area contributed by atoms with Gasteiger partial charge in [-0.05, 0) is 24.8 Å². The summed E-state index contributed by atoms with van der Waals surface area (Å²) < 4.78 is 23.1. The number of nitro benzene ring substituents is 1. The highest BCUT2D eigenvalue weighted by Gasteiger charge is 2.28. The molecule has 1 saturated carbocycles. The van der Waals surface area contributed by atoms with Crippen molar-refractivity contribution in [2.75, 3.05) is 12.8 Å². The van der Waals surface area contributed by atoms with Crippen molar-refractivity contribution >= 4 is 33.8 Å². The van der Waals surface area contributed by atoms with E-state index in [1.807, 2.05) is 0 Å². The Morgan fingerprint density at radius 1 is 1.43 bits per heavy atom. The number of hydrogen-bond donors (Lipinski definition) is 2. The van der Waals surface area contributed by atoms with Crippen LogP contribution in [0.3, 0.4) is 0 Å². The summed E-state index contributed by atoms with van der Waals surface area (Å²) in [5.74, 6) is -0.179. The fourth-order valence-corrected chi connectivity index (χ4v) is 2.71. The molecular weight excluding hydrogens is 346 g/mol. The number of non-ortho nitro benzene ring substituents is 1. The number of carbonyl (C=O) groups excluding carboxylic acids is 1. The Labute approximate surface area is 139 Å². The van der Waals surface area contributed by atoms with E-state index in [4.69, 9.17) is 5.73 Å². The van der Waals surface area contributed by atoms with Gasteiger partial charge < -0.3 is 11.1 Å². The molecule has 23 heavy (non-hydrogen) atoms. The first kappa shape index (κ1) is 19.3. The number of nitrogens with two attached hydrogens (primary N) is 1. The van der Waals surface area contributed by atoms with Gasteiger partial charge in [0.25, 0.3) is 11.6 Å². The van der Waals surface area contributed by atoms with E-state index in [0.29, 0.717) is 5.92 Å². The van der Waals surface area contributed by atoms with Crippen molar-refractivity contribution in [3.05, 3.63) is 33.9 Å². The van der Waals surface area contributed by atoms with Gasteiger partial charge in [-0.2, -0.15) is 0 Å². The molecule has 10 heteroatoms. The summed E-state index contributed by atoms with van der Waals surface area (Å²) in [6.45, 7) is 0.250. The van der Waals surface area contributed by atoms with Gasteiger partial charge in [0, 0.05) is 36.5 Å². The van der Waals surface area contributed by atoms with Crippen LogP contribution in [0.25, 0.3) is 0 Å². The first-order valence-corrected chi connectivity index (χ1v) is 8.61. The minimum absolute atomic E-state index is 0. The Hall–Kier alpha value is -1.71. The van der Waals surface area contributed by atoms with Gasteiger partial charge in [0.2, 0.25) is 0 Å². The zero-order valence-electron chi connectivity index (χ0n) is 12.4. The highest BCUT2D eigenvalue weighted by molar-refractivity contribution is 7.90. The van der Waals surface area contributed by atoms with E-state index in [0.717, 1.165) is 37.3 Å². The summed E-state index contributed by atoms with van der Waals surface area (Å²) in [6, 6.07) is 2.95. The molecule has 1 amide bonds. The van der Waals surface area contributed by atoms with Gasteiger partial charge in [-0.25, -0.2) is 8.42 Å². The van der Waals surface area contributed by atoms with E-state index >= 15 is 0 Å². The second-order valence-electron chi connectivity index (χ2n) is 5.46. The number of hydrogen-bond acceptors (Lipinski definition) is 6. The van der Waals surface area contributed by atoms with Crippen molar-refractivity contribution in [2.45, 2.75) is 23.8 Å².